The van der Waals surface area contributed by atoms with E-state index in [1.165, 1.54) is 0 Å². The molecule has 24 valence electrons. The maximum absolute atomic E-state index is 2.32. The van der Waals surface area contributed by atoms with Crippen molar-refractivity contribution in [1.29, 1.82) is 0 Å². The predicted molar refractivity (Wildman–Crippen MR) is 29.1 cm³/mol. The monoisotopic (exact) mass is 168 g/mol. The Morgan fingerprint density at radius 3 is 1.75 bits per heavy atom. The van der Waals surface area contributed by atoms with Crippen LogP contribution in [-0.4, -0.2) is 4.93 Å². The zero-order valence-corrected chi connectivity index (χ0v) is 4.69. The van der Waals surface area contributed by atoms with Crippen LogP contribution in [0, 0.1) is 0 Å². The van der Waals surface area contributed by atoms with Crippen LogP contribution in [0.15, 0.2) is 8.17 Å². The minimum absolute atomic E-state index is 0.263. The molecule has 0 N–H and O–H groups in total. The summed E-state index contributed by atoms with van der Waals surface area (Å²) < 4.78 is 4.65. The van der Waals surface area contributed by atoms with Crippen LogP contribution in [0.2, 0.25) is 0 Å². The van der Waals surface area contributed by atoms with Crippen molar-refractivity contribution in [3.05, 3.63) is 8.17 Å². The van der Waals surface area contributed by atoms with Gasteiger partial charge in [0.15, 0.2) is 0 Å². The fourth-order valence-electron chi connectivity index (χ4n) is 0.0476. The Kier molecular flexibility index (Phi) is 0.476. The summed E-state index contributed by atoms with van der Waals surface area (Å²) in [5.74, 6) is 0. The van der Waals surface area contributed by atoms with Crippen molar-refractivity contribution in [2.24, 2.45) is 0 Å². The molecular formula is C3H5I. The first-order valence-electron chi connectivity index (χ1n) is 1.15. The molecule has 0 radical (unpaired) electrons. The van der Waals surface area contributed by atoms with Crippen LogP contribution in [0.1, 0.15) is 0 Å². The molecule has 1 heteroatoms. The van der Waals surface area contributed by atoms with Crippen LogP contribution in [-0.2, 0) is 0 Å². The Bertz CT molecular complexity index is 41.2. The molecule has 0 saturated carbocycles. The van der Waals surface area contributed by atoms with Gasteiger partial charge in [0.25, 0.3) is 0 Å². The molecule has 0 amide bonds. The average Bonchev–Trinajstić information content (AvgIpc) is 1.75. The Morgan fingerprint density at radius 2 is 1.75 bits per heavy atom. The first-order valence-corrected chi connectivity index (χ1v) is 5.80. The molecule has 0 fully saturated rings. The van der Waals surface area contributed by atoms with E-state index in [1.807, 2.05) is 0 Å². The van der Waals surface area contributed by atoms with E-state index in [0.29, 0.717) is 0 Å². The van der Waals surface area contributed by atoms with Crippen LogP contribution < -0.4 is 0 Å². The summed E-state index contributed by atoms with van der Waals surface area (Å²) in [6.45, 7) is 0. The molecular weight excluding hydrogens is 163 g/mol. The van der Waals surface area contributed by atoms with Gasteiger partial charge in [-0.05, 0) is 0 Å². The van der Waals surface area contributed by atoms with E-state index in [9.17, 15) is 0 Å². The molecule has 1 rings (SSSR count). The summed E-state index contributed by atoms with van der Waals surface area (Å²) in [7, 11) is 0. The molecule has 0 nitrogen and oxygen atoms in total. The molecule has 0 unspecified atom stereocenters. The second-order valence-electron chi connectivity index (χ2n) is 0.814. The van der Waals surface area contributed by atoms with Gasteiger partial charge in [0.2, 0.25) is 0 Å². The molecule has 0 aromatic carbocycles. The van der Waals surface area contributed by atoms with Crippen molar-refractivity contribution in [3.63, 3.8) is 0 Å². The predicted octanol–water partition coefficient (Wildman–Crippen LogP) is 1.61. The van der Waals surface area contributed by atoms with Gasteiger partial charge in [-0.3, -0.25) is 0 Å². The molecule has 0 atom stereocenters. The molecule has 0 aromatic heterocycles. The van der Waals surface area contributed by atoms with Crippen LogP contribution in [0.4, 0.5) is 0 Å². The van der Waals surface area contributed by atoms with Crippen LogP contribution in [0.3, 0.4) is 0 Å². The molecule has 1 aliphatic heterocycles. The third-order valence-electron chi connectivity index (χ3n) is 0.378. The zero-order chi connectivity index (χ0) is 2.99. The van der Waals surface area contributed by atoms with Crippen molar-refractivity contribution in [3.8, 4) is 0 Å². The van der Waals surface area contributed by atoms with E-state index >= 15 is 0 Å². The van der Waals surface area contributed by atoms with E-state index < -0.39 is 0 Å². The quantitative estimate of drug-likeness (QED) is 0.380. The maximum atomic E-state index is 2.32. The molecule has 0 aliphatic carbocycles. The number of alkyl halides is 1. The van der Waals surface area contributed by atoms with Gasteiger partial charge < -0.3 is 0 Å². The molecule has 0 saturated heterocycles. The second kappa shape index (κ2) is 0.708. The summed E-state index contributed by atoms with van der Waals surface area (Å²) in [5.41, 5.74) is 0. The first kappa shape index (κ1) is 2.69. The Balaban J connectivity index is 2.32. The average molecular weight is 168 g/mol. The van der Waals surface area contributed by atoms with Gasteiger partial charge in [0, 0.05) is 0 Å². The van der Waals surface area contributed by atoms with Crippen LogP contribution >= 0.6 is 19.8 Å². The topological polar surface area (TPSA) is 0 Å². The fraction of sp³-hybridized carbons (Fsp3) is 0.333. The molecule has 4 heavy (non-hydrogen) atoms. The van der Waals surface area contributed by atoms with Gasteiger partial charge in [-0.25, -0.2) is 0 Å². The van der Waals surface area contributed by atoms with E-state index in [1.54, 1.807) is 0 Å². The zero-order valence-electron chi connectivity index (χ0n) is 2.53. The van der Waals surface area contributed by atoms with Gasteiger partial charge in [-0.2, -0.15) is 0 Å². The summed E-state index contributed by atoms with van der Waals surface area (Å²) in [6.07, 6.45) is 0. The van der Waals surface area contributed by atoms with Gasteiger partial charge in [0.05, 0.1) is 0 Å². The number of rotatable bonds is 0. The van der Waals surface area contributed by atoms with Crippen LogP contribution in [0.25, 0.3) is 0 Å². The number of hydrogen-bond acceptors (Lipinski definition) is 0. The van der Waals surface area contributed by atoms with E-state index in [-0.39, 0.29) is 19.8 Å². The molecule has 1 heterocycles. The summed E-state index contributed by atoms with van der Waals surface area (Å²) in [6, 6.07) is 0. The SMILES string of the molecule is CI1C=C1. The van der Waals surface area contributed by atoms with Gasteiger partial charge in [-0.1, -0.05) is 0 Å². The molecule has 0 bridgehead atoms. The Hall–Kier alpha value is 0.470. The fourth-order valence-corrected chi connectivity index (χ4v) is 2.14. The minimum atomic E-state index is -0.263. The third-order valence-corrected chi connectivity index (χ3v) is 2.54. The number of halogens is 1. The van der Waals surface area contributed by atoms with Gasteiger partial charge in [0.1, 0.15) is 0 Å². The van der Waals surface area contributed by atoms with Crippen LogP contribution in [0.5, 0.6) is 0 Å². The van der Waals surface area contributed by atoms with E-state index in [2.05, 4.69) is 13.1 Å². The number of hydrogen-bond donors (Lipinski definition) is 0. The first-order chi connectivity index (χ1) is 1.89. The van der Waals surface area contributed by atoms with Crippen molar-refractivity contribution in [1.82, 2.24) is 0 Å². The van der Waals surface area contributed by atoms with Crippen molar-refractivity contribution in [2.75, 3.05) is 4.93 Å². The normalized spacial score (nSPS) is 26.8. The van der Waals surface area contributed by atoms with Crippen molar-refractivity contribution in [2.45, 2.75) is 0 Å². The van der Waals surface area contributed by atoms with Crippen molar-refractivity contribution < 1.29 is 0 Å². The third kappa shape index (κ3) is 0.443. The van der Waals surface area contributed by atoms with Crippen molar-refractivity contribution >= 4 is 19.8 Å². The molecule has 0 aromatic rings. The van der Waals surface area contributed by atoms with Gasteiger partial charge in [-0.15, -0.1) is 0 Å². The summed E-state index contributed by atoms with van der Waals surface area (Å²) >= 11 is -0.263. The summed E-state index contributed by atoms with van der Waals surface area (Å²) in [4.78, 5) is 2.32. The Morgan fingerprint density at radius 1 is 1.50 bits per heavy atom. The van der Waals surface area contributed by atoms with E-state index in [0.717, 1.165) is 0 Å². The molecule has 0 spiro atoms. The molecule has 1 aliphatic rings. The standard InChI is InChI=1S/C3H5I/c1-4-2-3-4/h2-3H,1H3. The second-order valence-corrected chi connectivity index (χ2v) is 5.46. The Labute approximate surface area is 33.3 Å². The summed E-state index contributed by atoms with van der Waals surface area (Å²) in [5, 5.41) is 0. The van der Waals surface area contributed by atoms with E-state index in [4.69, 9.17) is 0 Å². The van der Waals surface area contributed by atoms with Gasteiger partial charge >= 0.3 is 32.9 Å².